The van der Waals surface area contributed by atoms with E-state index in [0.717, 1.165) is 24.1 Å². The monoisotopic (exact) mass is 260 g/mol. The molecule has 1 fully saturated rings. The molecule has 1 amide bonds. The summed E-state index contributed by atoms with van der Waals surface area (Å²) in [5.41, 5.74) is 7.81. The van der Waals surface area contributed by atoms with E-state index in [1.54, 1.807) is 0 Å². The molecule has 0 aliphatic heterocycles. The number of anilines is 1. The third kappa shape index (κ3) is 3.80. The largest absolute Gasteiger partial charge is 0.326 e. The van der Waals surface area contributed by atoms with Gasteiger partial charge in [-0.05, 0) is 31.4 Å². The van der Waals surface area contributed by atoms with E-state index in [1.165, 1.54) is 25.7 Å². The molecule has 1 unspecified atom stereocenters. The van der Waals surface area contributed by atoms with Crippen molar-refractivity contribution in [3.05, 3.63) is 29.8 Å². The number of hydrogen-bond donors (Lipinski definition) is 2. The summed E-state index contributed by atoms with van der Waals surface area (Å²) in [6, 6.07) is 7.75. The summed E-state index contributed by atoms with van der Waals surface area (Å²) < 4.78 is 0. The van der Waals surface area contributed by atoms with Gasteiger partial charge in [-0.1, -0.05) is 43.9 Å². The van der Waals surface area contributed by atoms with E-state index >= 15 is 0 Å². The normalized spacial score (nSPS) is 18.6. The predicted molar refractivity (Wildman–Crippen MR) is 78.9 cm³/mol. The molecule has 3 N–H and O–H groups in total. The molecule has 1 aromatic rings. The van der Waals surface area contributed by atoms with Crippen molar-refractivity contribution in [2.24, 2.45) is 11.7 Å². The van der Waals surface area contributed by atoms with Gasteiger partial charge < -0.3 is 11.1 Å². The molecule has 1 aromatic carbocycles. The van der Waals surface area contributed by atoms with Gasteiger partial charge in [-0.15, -0.1) is 0 Å². The van der Waals surface area contributed by atoms with E-state index < -0.39 is 0 Å². The Hall–Kier alpha value is -1.35. The van der Waals surface area contributed by atoms with Crippen LogP contribution in [-0.4, -0.2) is 5.91 Å². The van der Waals surface area contributed by atoms with Gasteiger partial charge in [-0.3, -0.25) is 4.79 Å². The van der Waals surface area contributed by atoms with Gasteiger partial charge in [0.1, 0.15) is 0 Å². The Morgan fingerprint density at radius 1 is 1.21 bits per heavy atom. The minimum atomic E-state index is -0.0642. The molecule has 2 rings (SSSR count). The average molecular weight is 260 g/mol. The second-order valence-corrected chi connectivity index (χ2v) is 5.55. The van der Waals surface area contributed by atoms with Crippen molar-refractivity contribution in [1.82, 2.24) is 0 Å². The van der Waals surface area contributed by atoms with Crippen molar-refractivity contribution < 1.29 is 4.79 Å². The second kappa shape index (κ2) is 6.71. The molecule has 0 saturated heterocycles. The highest BCUT2D eigenvalue weighted by atomic mass is 16.1. The van der Waals surface area contributed by atoms with Crippen LogP contribution in [0.5, 0.6) is 0 Å². The van der Waals surface area contributed by atoms with Crippen molar-refractivity contribution in [1.29, 1.82) is 0 Å². The first-order valence-corrected chi connectivity index (χ1v) is 7.34. The van der Waals surface area contributed by atoms with Crippen LogP contribution in [0.4, 0.5) is 5.69 Å². The average Bonchev–Trinajstić information content (AvgIpc) is 2.68. The van der Waals surface area contributed by atoms with E-state index in [-0.39, 0.29) is 17.9 Å². The fraction of sp³-hybridized carbons (Fsp3) is 0.562. The van der Waals surface area contributed by atoms with E-state index in [1.807, 2.05) is 31.2 Å². The summed E-state index contributed by atoms with van der Waals surface area (Å²) in [5, 5.41) is 3.07. The number of hydrogen-bond acceptors (Lipinski definition) is 2. The van der Waals surface area contributed by atoms with Crippen LogP contribution >= 0.6 is 0 Å². The zero-order valence-corrected chi connectivity index (χ0v) is 11.7. The minimum Gasteiger partial charge on any atom is -0.326 e. The third-order valence-electron chi connectivity index (χ3n) is 3.94. The number of carbonyl (C=O) groups is 1. The van der Waals surface area contributed by atoms with E-state index in [0.29, 0.717) is 0 Å². The maximum Gasteiger partial charge on any atom is 0.227 e. The van der Waals surface area contributed by atoms with E-state index in [9.17, 15) is 4.79 Å². The molecular formula is C16H24N2O. The number of nitrogens with one attached hydrogen (secondary N) is 1. The quantitative estimate of drug-likeness (QED) is 0.816. The van der Waals surface area contributed by atoms with E-state index in [2.05, 4.69) is 5.32 Å². The molecule has 0 heterocycles. The number of benzene rings is 1. The van der Waals surface area contributed by atoms with Crippen LogP contribution < -0.4 is 11.1 Å². The smallest absolute Gasteiger partial charge is 0.227 e. The maximum absolute atomic E-state index is 12.3. The van der Waals surface area contributed by atoms with Gasteiger partial charge >= 0.3 is 0 Å². The lowest BCUT2D eigenvalue weighted by atomic mass is 9.98. The van der Waals surface area contributed by atoms with E-state index in [4.69, 9.17) is 5.73 Å². The molecule has 3 heteroatoms. The molecule has 1 atom stereocenters. The molecule has 104 valence electrons. The van der Waals surface area contributed by atoms with Crippen LogP contribution in [0.1, 0.15) is 57.1 Å². The molecule has 1 saturated carbocycles. The summed E-state index contributed by atoms with van der Waals surface area (Å²) >= 11 is 0. The van der Waals surface area contributed by atoms with Crippen LogP contribution in [0.2, 0.25) is 0 Å². The van der Waals surface area contributed by atoms with Gasteiger partial charge in [0.15, 0.2) is 0 Å². The lowest BCUT2D eigenvalue weighted by Crippen LogP contribution is -2.23. The van der Waals surface area contributed by atoms with Crippen LogP contribution in [0.3, 0.4) is 0 Å². The van der Waals surface area contributed by atoms with Gasteiger partial charge in [0, 0.05) is 17.6 Å². The molecule has 3 nitrogen and oxygen atoms in total. The standard InChI is InChI=1S/C16H24N2O/c1-12(17)14-10-6-7-11-15(14)18-16(19)13-8-4-2-3-5-9-13/h6-7,10-13H,2-5,8-9,17H2,1H3,(H,18,19). The van der Waals surface area contributed by atoms with Gasteiger partial charge in [0.2, 0.25) is 5.91 Å². The van der Waals surface area contributed by atoms with Crippen molar-refractivity contribution in [2.45, 2.75) is 51.5 Å². The number of rotatable bonds is 3. The Kier molecular flexibility index (Phi) is 4.97. The highest BCUT2D eigenvalue weighted by Gasteiger charge is 2.21. The Labute approximate surface area is 115 Å². The Morgan fingerprint density at radius 3 is 2.47 bits per heavy atom. The molecule has 0 bridgehead atoms. The second-order valence-electron chi connectivity index (χ2n) is 5.55. The van der Waals surface area contributed by atoms with Gasteiger partial charge in [-0.2, -0.15) is 0 Å². The van der Waals surface area contributed by atoms with Crippen molar-refractivity contribution >= 4 is 11.6 Å². The van der Waals surface area contributed by atoms with Crippen LogP contribution in [0.15, 0.2) is 24.3 Å². The highest BCUT2D eigenvalue weighted by Crippen LogP contribution is 2.26. The molecule has 0 spiro atoms. The number of carbonyl (C=O) groups excluding carboxylic acids is 1. The molecule has 0 radical (unpaired) electrons. The lowest BCUT2D eigenvalue weighted by molar-refractivity contribution is -0.120. The summed E-state index contributed by atoms with van der Waals surface area (Å²) in [4.78, 5) is 12.3. The maximum atomic E-state index is 12.3. The zero-order chi connectivity index (χ0) is 13.7. The highest BCUT2D eigenvalue weighted by molar-refractivity contribution is 5.93. The number of para-hydroxylation sites is 1. The molecule has 0 aromatic heterocycles. The van der Waals surface area contributed by atoms with Crippen LogP contribution in [0.25, 0.3) is 0 Å². The third-order valence-corrected chi connectivity index (χ3v) is 3.94. The van der Waals surface area contributed by atoms with Crippen LogP contribution in [0, 0.1) is 5.92 Å². The fourth-order valence-corrected chi connectivity index (χ4v) is 2.78. The van der Waals surface area contributed by atoms with Gasteiger partial charge in [0.05, 0.1) is 0 Å². The Morgan fingerprint density at radius 2 is 1.84 bits per heavy atom. The minimum absolute atomic E-state index is 0.0642. The van der Waals surface area contributed by atoms with Crippen molar-refractivity contribution in [3.8, 4) is 0 Å². The number of nitrogens with two attached hydrogens (primary N) is 1. The van der Waals surface area contributed by atoms with Gasteiger partial charge in [0.25, 0.3) is 0 Å². The molecule has 1 aliphatic carbocycles. The first-order valence-electron chi connectivity index (χ1n) is 7.34. The molecular weight excluding hydrogens is 236 g/mol. The SMILES string of the molecule is CC(N)c1ccccc1NC(=O)C1CCCCCC1. The first kappa shape index (κ1) is 14.1. The number of amides is 1. The Bertz CT molecular complexity index is 421. The van der Waals surface area contributed by atoms with Crippen LogP contribution in [-0.2, 0) is 4.79 Å². The lowest BCUT2D eigenvalue weighted by Gasteiger charge is -2.17. The topological polar surface area (TPSA) is 55.1 Å². The van der Waals surface area contributed by atoms with Crippen molar-refractivity contribution in [3.63, 3.8) is 0 Å². The predicted octanol–water partition coefficient (Wildman–Crippen LogP) is 3.62. The first-order chi connectivity index (χ1) is 9.18. The summed E-state index contributed by atoms with van der Waals surface area (Å²) in [7, 11) is 0. The Balaban J connectivity index is 2.05. The summed E-state index contributed by atoms with van der Waals surface area (Å²) in [5.74, 6) is 0.332. The summed E-state index contributed by atoms with van der Waals surface area (Å²) in [6.45, 7) is 1.94. The summed E-state index contributed by atoms with van der Waals surface area (Å²) in [6.07, 6.45) is 6.92. The fourth-order valence-electron chi connectivity index (χ4n) is 2.78. The molecule has 19 heavy (non-hydrogen) atoms. The zero-order valence-electron chi connectivity index (χ0n) is 11.7. The van der Waals surface area contributed by atoms with Gasteiger partial charge in [-0.25, -0.2) is 0 Å². The molecule has 1 aliphatic rings. The van der Waals surface area contributed by atoms with Crippen molar-refractivity contribution in [2.75, 3.05) is 5.32 Å².